The van der Waals surface area contributed by atoms with E-state index in [-0.39, 0.29) is 24.4 Å². The zero-order chi connectivity index (χ0) is 27.7. The molecule has 9 heteroatoms. The molecule has 2 atom stereocenters. The van der Waals surface area contributed by atoms with Crippen LogP contribution in [-0.4, -0.2) is 46.8 Å². The highest BCUT2D eigenvalue weighted by Crippen LogP contribution is 2.39. The van der Waals surface area contributed by atoms with Gasteiger partial charge in [-0.2, -0.15) is 0 Å². The lowest BCUT2D eigenvalue weighted by molar-refractivity contribution is -0.136. The second-order valence-electron chi connectivity index (χ2n) is 9.52. The molecule has 2 aliphatic rings. The van der Waals surface area contributed by atoms with E-state index in [0.29, 0.717) is 33.4 Å². The summed E-state index contributed by atoms with van der Waals surface area (Å²) >= 11 is 12.6. The van der Waals surface area contributed by atoms with Crippen LogP contribution in [0.4, 0.5) is 4.79 Å². The molecule has 0 fully saturated rings. The Labute approximate surface area is 237 Å². The first kappa shape index (κ1) is 26.8. The van der Waals surface area contributed by atoms with Gasteiger partial charge in [-0.3, -0.25) is 14.5 Å². The molecule has 2 N–H and O–H groups in total. The predicted molar refractivity (Wildman–Crippen MR) is 151 cm³/mol. The number of nitrogens with one attached hydrogen (secondary N) is 2. The quantitative estimate of drug-likeness (QED) is 0.400. The van der Waals surface area contributed by atoms with Crippen LogP contribution in [0.3, 0.4) is 0 Å². The first-order chi connectivity index (χ1) is 18.8. The Hall–Kier alpha value is -3.81. The lowest BCUT2D eigenvalue weighted by atomic mass is 9.95. The molecule has 0 aromatic heterocycles. The van der Waals surface area contributed by atoms with E-state index >= 15 is 0 Å². The first-order valence-electron chi connectivity index (χ1n) is 12.8. The van der Waals surface area contributed by atoms with Crippen molar-refractivity contribution in [1.82, 2.24) is 20.4 Å². The van der Waals surface area contributed by atoms with Crippen molar-refractivity contribution < 1.29 is 14.4 Å². The molecule has 3 aromatic carbocycles. The fourth-order valence-electron chi connectivity index (χ4n) is 5.18. The maximum absolute atomic E-state index is 13.9. The smallest absolute Gasteiger partial charge is 0.322 e. The van der Waals surface area contributed by atoms with E-state index in [1.165, 1.54) is 9.80 Å². The number of hydrogen-bond donors (Lipinski definition) is 2. The van der Waals surface area contributed by atoms with E-state index < -0.39 is 18.1 Å². The number of halogens is 2. The van der Waals surface area contributed by atoms with Crippen LogP contribution in [0, 0.1) is 0 Å². The molecule has 0 saturated carbocycles. The number of carbonyl (C=O) groups is 3. The van der Waals surface area contributed by atoms with Crippen LogP contribution in [0.1, 0.15) is 42.6 Å². The maximum Gasteiger partial charge on any atom is 0.322 e. The Morgan fingerprint density at radius 1 is 1.00 bits per heavy atom. The Balaban J connectivity index is 1.44. The minimum Gasteiger partial charge on any atom is -0.343 e. The minimum absolute atomic E-state index is 0.132. The van der Waals surface area contributed by atoms with Crippen LogP contribution in [0.15, 0.2) is 90.1 Å². The van der Waals surface area contributed by atoms with Crippen molar-refractivity contribution in [2.24, 2.45) is 0 Å². The molecule has 2 heterocycles. The third-order valence-electron chi connectivity index (χ3n) is 7.24. The molecular weight excluding hydrogens is 535 g/mol. The van der Waals surface area contributed by atoms with Gasteiger partial charge < -0.3 is 15.5 Å². The summed E-state index contributed by atoms with van der Waals surface area (Å²) in [6, 6.07) is 22.1. The summed E-state index contributed by atoms with van der Waals surface area (Å²) in [7, 11) is 0. The van der Waals surface area contributed by atoms with Gasteiger partial charge >= 0.3 is 6.03 Å². The highest BCUT2D eigenvalue weighted by atomic mass is 35.5. The lowest BCUT2D eigenvalue weighted by Gasteiger charge is -2.33. The molecule has 4 amide bonds. The predicted octanol–water partition coefficient (Wildman–Crippen LogP) is 5.47. The van der Waals surface area contributed by atoms with Crippen LogP contribution in [0.2, 0.25) is 10.0 Å². The zero-order valence-electron chi connectivity index (χ0n) is 21.5. The van der Waals surface area contributed by atoms with Gasteiger partial charge in [0.05, 0.1) is 29.9 Å². The second-order valence-corrected chi connectivity index (χ2v) is 10.4. The van der Waals surface area contributed by atoms with E-state index in [1.807, 2.05) is 67.6 Å². The summed E-state index contributed by atoms with van der Waals surface area (Å²) in [6.45, 7) is 4.05. The van der Waals surface area contributed by atoms with Crippen molar-refractivity contribution in [3.63, 3.8) is 0 Å². The van der Waals surface area contributed by atoms with Gasteiger partial charge in [0.2, 0.25) is 5.91 Å². The second kappa shape index (κ2) is 11.1. The summed E-state index contributed by atoms with van der Waals surface area (Å²) in [4.78, 5) is 43.6. The lowest BCUT2D eigenvalue weighted by Crippen LogP contribution is -2.48. The van der Waals surface area contributed by atoms with Crippen molar-refractivity contribution in [2.45, 2.75) is 32.0 Å². The van der Waals surface area contributed by atoms with Gasteiger partial charge in [0.15, 0.2) is 0 Å². The van der Waals surface area contributed by atoms with Crippen molar-refractivity contribution in [2.75, 3.05) is 13.1 Å². The molecular formula is C30H28Cl2N4O3. The van der Waals surface area contributed by atoms with Gasteiger partial charge in [0.1, 0.15) is 6.04 Å². The van der Waals surface area contributed by atoms with Gasteiger partial charge in [0, 0.05) is 16.6 Å². The van der Waals surface area contributed by atoms with Crippen LogP contribution < -0.4 is 10.6 Å². The van der Waals surface area contributed by atoms with Gasteiger partial charge in [-0.05, 0) is 42.7 Å². The summed E-state index contributed by atoms with van der Waals surface area (Å²) in [5.41, 5.74) is 3.41. The van der Waals surface area contributed by atoms with Crippen LogP contribution in [0.25, 0.3) is 0 Å². The van der Waals surface area contributed by atoms with Gasteiger partial charge in [-0.1, -0.05) is 89.9 Å². The van der Waals surface area contributed by atoms with Crippen molar-refractivity contribution in [3.05, 3.63) is 117 Å². The van der Waals surface area contributed by atoms with E-state index in [0.717, 1.165) is 11.1 Å². The number of likely N-dealkylation sites (N-methyl/N-ethyl adjacent to an activating group) is 1. The molecule has 2 aliphatic heterocycles. The molecule has 0 aliphatic carbocycles. The third-order valence-corrected chi connectivity index (χ3v) is 7.80. The summed E-state index contributed by atoms with van der Waals surface area (Å²) in [5.74, 6) is -0.623. The molecule has 0 radical (unpaired) electrons. The highest BCUT2D eigenvalue weighted by Gasteiger charge is 2.46. The molecule has 0 unspecified atom stereocenters. The van der Waals surface area contributed by atoms with Crippen LogP contribution in [-0.2, 0) is 9.59 Å². The molecule has 5 rings (SSSR count). The number of urea groups is 1. The van der Waals surface area contributed by atoms with Crippen molar-refractivity contribution in [3.8, 4) is 0 Å². The Morgan fingerprint density at radius 3 is 2.18 bits per heavy atom. The van der Waals surface area contributed by atoms with Gasteiger partial charge in [0.25, 0.3) is 5.91 Å². The topological polar surface area (TPSA) is 81.8 Å². The largest absolute Gasteiger partial charge is 0.343 e. The molecule has 39 heavy (non-hydrogen) atoms. The number of amides is 4. The normalized spacial score (nSPS) is 17.8. The van der Waals surface area contributed by atoms with E-state index in [2.05, 4.69) is 10.6 Å². The zero-order valence-corrected chi connectivity index (χ0v) is 23.0. The monoisotopic (exact) mass is 562 g/mol. The Kier molecular flexibility index (Phi) is 7.64. The van der Waals surface area contributed by atoms with E-state index in [1.54, 1.807) is 25.1 Å². The third kappa shape index (κ3) is 5.12. The molecule has 7 nitrogen and oxygen atoms in total. The molecule has 3 aromatic rings. The first-order valence-corrected chi connectivity index (χ1v) is 13.5. The number of nitrogens with zero attached hydrogens (tertiary/aromatic N) is 2. The van der Waals surface area contributed by atoms with Crippen molar-refractivity contribution in [1.29, 1.82) is 0 Å². The van der Waals surface area contributed by atoms with Crippen LogP contribution in [0.5, 0.6) is 0 Å². The summed E-state index contributed by atoms with van der Waals surface area (Å²) < 4.78 is 0. The van der Waals surface area contributed by atoms with E-state index in [9.17, 15) is 14.4 Å². The van der Waals surface area contributed by atoms with Gasteiger partial charge in [-0.25, -0.2) is 4.79 Å². The number of rotatable bonds is 7. The van der Waals surface area contributed by atoms with Crippen molar-refractivity contribution >= 4 is 41.0 Å². The fraction of sp³-hybridized carbons (Fsp3) is 0.233. The molecule has 0 saturated heterocycles. The highest BCUT2D eigenvalue weighted by molar-refractivity contribution is 6.35. The molecule has 0 spiro atoms. The number of hydrogen-bond acceptors (Lipinski definition) is 3. The SMILES string of the molecule is CCN1C(=O)N[C@@H](c2ccc(Cl)cc2Cl)C2=C1CN([C@@H](C)C(=O)NC(c1ccccc1)c1ccccc1)C2=O. The Bertz CT molecular complexity index is 1410. The minimum atomic E-state index is -0.798. The Morgan fingerprint density at radius 2 is 1.62 bits per heavy atom. The number of benzene rings is 3. The molecule has 200 valence electrons. The standard InChI is InChI=1S/C30H28Cl2N4O3/c1-3-35-24-17-36(29(38)25(24)27(34-30(35)39)22-15-14-21(31)16-23(22)32)18(2)28(37)33-26(19-10-6-4-7-11-19)20-12-8-5-9-13-20/h4-16,18,26-27H,3,17H2,1-2H3,(H,33,37)(H,34,39)/t18-,27-/m0/s1. The van der Waals surface area contributed by atoms with Gasteiger partial charge in [-0.15, -0.1) is 0 Å². The molecule has 0 bridgehead atoms. The average molecular weight is 563 g/mol. The fourth-order valence-corrected chi connectivity index (χ4v) is 5.70. The summed E-state index contributed by atoms with van der Waals surface area (Å²) in [5, 5.41) is 6.84. The number of carbonyl (C=O) groups excluding carboxylic acids is 3. The summed E-state index contributed by atoms with van der Waals surface area (Å²) in [6.07, 6.45) is 0. The van der Waals surface area contributed by atoms with E-state index in [4.69, 9.17) is 23.2 Å². The average Bonchev–Trinajstić information content (AvgIpc) is 3.28. The maximum atomic E-state index is 13.9. The van der Waals surface area contributed by atoms with Crippen LogP contribution >= 0.6 is 23.2 Å².